The summed E-state index contributed by atoms with van der Waals surface area (Å²) in [4.78, 5) is 12.0. The lowest BCUT2D eigenvalue weighted by Crippen LogP contribution is -2.19. The van der Waals surface area contributed by atoms with Crippen molar-refractivity contribution in [2.45, 2.75) is 59.7 Å². The number of benzene rings is 1. The van der Waals surface area contributed by atoms with Crippen LogP contribution < -0.4 is 0 Å². The van der Waals surface area contributed by atoms with Gasteiger partial charge >= 0.3 is 5.97 Å². The van der Waals surface area contributed by atoms with Gasteiger partial charge in [0.25, 0.3) is 0 Å². The number of ether oxygens (including phenoxy) is 1. The van der Waals surface area contributed by atoms with E-state index in [4.69, 9.17) is 16.3 Å². The second-order valence-corrected chi connectivity index (χ2v) is 7.56. The molecule has 0 aromatic heterocycles. The summed E-state index contributed by atoms with van der Waals surface area (Å²) in [5.74, 6) is -0.262. The smallest absolute Gasteiger partial charge is 0.306 e. The summed E-state index contributed by atoms with van der Waals surface area (Å²) in [5, 5.41) is 0.166. The van der Waals surface area contributed by atoms with Crippen LogP contribution >= 0.6 is 11.6 Å². The Bertz CT molecular complexity index is 571. The van der Waals surface area contributed by atoms with Gasteiger partial charge in [0.05, 0.1) is 11.5 Å². The zero-order valence-electron chi connectivity index (χ0n) is 14.6. The van der Waals surface area contributed by atoms with Gasteiger partial charge in [0.2, 0.25) is 0 Å². The van der Waals surface area contributed by atoms with Crippen LogP contribution in [-0.4, -0.2) is 11.6 Å². The molecule has 0 N–H and O–H groups in total. The number of carbonyl (C=O) groups is 1. The minimum absolute atomic E-state index is 0.166. The number of allylic oxidation sites excluding steroid dienone is 2. The maximum absolute atomic E-state index is 13.7. The number of hydrogen-bond acceptors (Lipinski definition) is 2. The molecule has 0 fully saturated rings. The van der Waals surface area contributed by atoms with Crippen molar-refractivity contribution in [1.29, 1.82) is 0 Å². The molecule has 0 bridgehead atoms. The van der Waals surface area contributed by atoms with E-state index >= 15 is 0 Å². The van der Waals surface area contributed by atoms with Crippen LogP contribution in [0.3, 0.4) is 0 Å². The highest BCUT2D eigenvalue weighted by molar-refractivity contribution is 6.30. The van der Waals surface area contributed by atoms with Crippen LogP contribution in [0.4, 0.5) is 4.39 Å². The molecule has 0 aliphatic rings. The average Bonchev–Trinajstić information content (AvgIpc) is 2.42. The van der Waals surface area contributed by atoms with E-state index < -0.39 is 5.67 Å². The summed E-state index contributed by atoms with van der Waals surface area (Å²) in [6.45, 7) is 8.96. The molecular formula is C19H26ClFO2. The number of aryl methyl sites for hydroxylation is 1. The van der Waals surface area contributed by atoms with Gasteiger partial charge < -0.3 is 4.74 Å². The molecule has 0 radical (unpaired) electrons. The molecule has 0 atom stereocenters. The molecule has 0 spiro atoms. The quantitative estimate of drug-likeness (QED) is 0.594. The molecule has 1 aromatic carbocycles. The highest BCUT2D eigenvalue weighted by atomic mass is 35.5. The first kappa shape index (κ1) is 19.7. The van der Waals surface area contributed by atoms with Gasteiger partial charge in [0.1, 0.15) is 12.3 Å². The highest BCUT2D eigenvalue weighted by Gasteiger charge is 2.25. The van der Waals surface area contributed by atoms with Gasteiger partial charge in [-0.1, -0.05) is 55.8 Å². The molecule has 0 saturated carbocycles. The lowest BCUT2D eigenvalue weighted by Gasteiger charge is -2.23. The number of carbonyl (C=O) groups excluding carboxylic acids is 1. The molecule has 1 rings (SSSR count). The van der Waals surface area contributed by atoms with E-state index in [0.717, 1.165) is 11.1 Å². The fourth-order valence-corrected chi connectivity index (χ4v) is 2.13. The molecular weight excluding hydrogens is 315 g/mol. The number of rotatable bonds is 7. The Hall–Kier alpha value is -1.35. The maximum Gasteiger partial charge on any atom is 0.306 e. The first-order valence-electron chi connectivity index (χ1n) is 7.76. The zero-order chi connectivity index (χ0) is 17.7. The minimum Gasteiger partial charge on any atom is -0.461 e. The predicted octanol–water partition coefficient (Wildman–Crippen LogP) is 5.72. The van der Waals surface area contributed by atoms with Crippen LogP contribution in [0, 0.1) is 12.3 Å². The van der Waals surface area contributed by atoms with Crippen molar-refractivity contribution in [3.05, 3.63) is 46.5 Å². The van der Waals surface area contributed by atoms with Crippen LogP contribution in [0.15, 0.2) is 35.4 Å². The average molecular weight is 341 g/mol. The first-order valence-corrected chi connectivity index (χ1v) is 8.14. The topological polar surface area (TPSA) is 26.3 Å². The van der Waals surface area contributed by atoms with Gasteiger partial charge in [-0.25, -0.2) is 4.39 Å². The molecule has 2 nitrogen and oxygen atoms in total. The molecule has 1 aromatic rings. The molecule has 23 heavy (non-hydrogen) atoms. The van der Waals surface area contributed by atoms with Crippen molar-refractivity contribution in [3.63, 3.8) is 0 Å². The van der Waals surface area contributed by atoms with Gasteiger partial charge in [0, 0.05) is 0 Å². The van der Waals surface area contributed by atoms with Crippen molar-refractivity contribution in [1.82, 2.24) is 0 Å². The summed E-state index contributed by atoms with van der Waals surface area (Å²) < 4.78 is 19.0. The molecule has 0 unspecified atom stereocenters. The van der Waals surface area contributed by atoms with E-state index in [0.29, 0.717) is 6.42 Å². The van der Waals surface area contributed by atoms with Crippen LogP contribution in [0.25, 0.3) is 0 Å². The van der Waals surface area contributed by atoms with E-state index in [2.05, 4.69) is 0 Å². The van der Waals surface area contributed by atoms with E-state index in [1.807, 2.05) is 45.0 Å². The monoisotopic (exact) mass is 340 g/mol. The second-order valence-electron chi connectivity index (χ2n) is 7.16. The van der Waals surface area contributed by atoms with Gasteiger partial charge in [0.15, 0.2) is 0 Å². The Labute approximate surface area is 143 Å². The maximum atomic E-state index is 13.7. The third kappa shape index (κ3) is 7.17. The Morgan fingerprint density at radius 2 is 1.87 bits per heavy atom. The number of halogens is 2. The highest BCUT2D eigenvalue weighted by Crippen LogP contribution is 2.31. The standard InChI is InChI=1S/C19H26ClFO2/c1-14-8-6-7-9-15(14)13-23-17(22)12-18(2,3)11-10-16(20)19(4,5)21/h6-10H,11-13H2,1-5H3. The van der Waals surface area contributed by atoms with Crippen LogP contribution in [0.1, 0.15) is 51.7 Å². The normalized spacial score (nSPS) is 13.1. The van der Waals surface area contributed by atoms with E-state index in [1.54, 1.807) is 6.08 Å². The Morgan fingerprint density at radius 1 is 1.26 bits per heavy atom. The largest absolute Gasteiger partial charge is 0.461 e. The van der Waals surface area contributed by atoms with Gasteiger partial charge in [-0.15, -0.1) is 0 Å². The second kappa shape index (κ2) is 7.96. The lowest BCUT2D eigenvalue weighted by molar-refractivity contribution is -0.147. The van der Waals surface area contributed by atoms with Crippen LogP contribution in [0.5, 0.6) is 0 Å². The Morgan fingerprint density at radius 3 is 2.43 bits per heavy atom. The molecule has 0 saturated heterocycles. The minimum atomic E-state index is -1.55. The van der Waals surface area contributed by atoms with Crippen molar-refractivity contribution in [3.8, 4) is 0 Å². The number of hydrogen-bond donors (Lipinski definition) is 0. The Kier molecular flexibility index (Phi) is 6.82. The van der Waals surface area contributed by atoms with Gasteiger partial charge in [-0.2, -0.15) is 0 Å². The summed E-state index contributed by atoms with van der Waals surface area (Å²) in [6.07, 6.45) is 2.42. The van der Waals surface area contributed by atoms with E-state index in [-0.39, 0.29) is 29.4 Å². The van der Waals surface area contributed by atoms with Crippen molar-refractivity contribution < 1.29 is 13.9 Å². The molecule has 4 heteroatoms. The SMILES string of the molecule is Cc1ccccc1COC(=O)CC(C)(C)CC=C(Cl)C(C)(C)F. The van der Waals surface area contributed by atoms with E-state index in [9.17, 15) is 9.18 Å². The summed E-state index contributed by atoms with van der Waals surface area (Å²) in [6, 6.07) is 7.80. The molecule has 0 aliphatic heterocycles. The van der Waals surface area contributed by atoms with Crippen LogP contribution in [-0.2, 0) is 16.1 Å². The van der Waals surface area contributed by atoms with E-state index in [1.165, 1.54) is 13.8 Å². The first-order chi connectivity index (χ1) is 10.5. The lowest BCUT2D eigenvalue weighted by atomic mass is 9.85. The van der Waals surface area contributed by atoms with Crippen molar-refractivity contribution >= 4 is 17.6 Å². The third-order valence-electron chi connectivity index (χ3n) is 3.67. The van der Waals surface area contributed by atoms with Gasteiger partial charge in [-0.3, -0.25) is 4.79 Å². The number of esters is 1. The van der Waals surface area contributed by atoms with Crippen LogP contribution in [0.2, 0.25) is 0 Å². The molecule has 0 aliphatic carbocycles. The molecule has 128 valence electrons. The summed E-state index contributed by atoms with van der Waals surface area (Å²) >= 11 is 5.93. The molecule has 0 amide bonds. The molecule has 0 heterocycles. The van der Waals surface area contributed by atoms with Gasteiger partial charge in [-0.05, 0) is 43.7 Å². The fraction of sp³-hybridized carbons (Fsp3) is 0.526. The predicted molar refractivity (Wildman–Crippen MR) is 93.1 cm³/mol. The fourth-order valence-electron chi connectivity index (χ4n) is 2.05. The summed E-state index contributed by atoms with van der Waals surface area (Å²) in [7, 11) is 0. The van der Waals surface area contributed by atoms with Crippen molar-refractivity contribution in [2.24, 2.45) is 5.41 Å². The zero-order valence-corrected chi connectivity index (χ0v) is 15.3. The summed E-state index contributed by atoms with van der Waals surface area (Å²) in [5.41, 5.74) is 0.206. The van der Waals surface area contributed by atoms with Crippen molar-refractivity contribution in [2.75, 3.05) is 0 Å². The third-order valence-corrected chi connectivity index (χ3v) is 4.28. The Balaban J connectivity index is 2.54. The number of alkyl halides is 1.